The van der Waals surface area contributed by atoms with Crippen molar-refractivity contribution in [1.29, 1.82) is 0 Å². The molecule has 0 amide bonds. The monoisotopic (exact) mass is 260 g/mol. The Morgan fingerprint density at radius 1 is 1.24 bits per heavy atom. The van der Waals surface area contributed by atoms with Crippen molar-refractivity contribution in [3.8, 4) is 0 Å². The molecule has 3 unspecified atom stereocenters. The van der Waals surface area contributed by atoms with Crippen LogP contribution in [0.4, 0.5) is 0 Å². The molecule has 102 valence electrons. The Labute approximate surface area is 112 Å². The van der Waals surface area contributed by atoms with Gasteiger partial charge in [-0.3, -0.25) is 5.32 Å². The third-order valence-electron chi connectivity index (χ3n) is 3.92. The topological polar surface area (TPSA) is 24.1 Å². The van der Waals surface area contributed by atoms with Crippen LogP contribution in [0.25, 0.3) is 0 Å². The van der Waals surface area contributed by atoms with Gasteiger partial charge in [0.25, 0.3) is 0 Å². The van der Waals surface area contributed by atoms with Crippen LogP contribution < -0.4 is 10.6 Å². The van der Waals surface area contributed by atoms with Crippen LogP contribution in [0.1, 0.15) is 59.3 Å². The Kier molecular flexibility index (Phi) is 6.83. The second-order valence-electron chi connectivity index (χ2n) is 5.71. The molecule has 0 bridgehead atoms. The zero-order chi connectivity index (χ0) is 12.7. The van der Waals surface area contributed by atoms with Gasteiger partial charge in [-0.1, -0.05) is 20.3 Å². The average Bonchev–Trinajstić information content (AvgIpc) is 2.50. The largest absolute Gasteiger partial charge is 0.317 e. The standard InChI is InChI=1S/C14H29ClN2/c1-4-12(2)6-7-13(3)17-14(15)8-5-10-16-11-9-14/h12-13,16-17H,4-11H2,1-3H3. The maximum Gasteiger partial charge on any atom is 0.0950 e. The van der Waals surface area contributed by atoms with E-state index in [0.29, 0.717) is 6.04 Å². The van der Waals surface area contributed by atoms with Crippen molar-refractivity contribution in [2.45, 2.75) is 70.3 Å². The summed E-state index contributed by atoms with van der Waals surface area (Å²) in [6.45, 7) is 9.01. The highest BCUT2D eigenvalue weighted by Crippen LogP contribution is 2.25. The second kappa shape index (κ2) is 7.60. The molecular formula is C14H29ClN2. The summed E-state index contributed by atoms with van der Waals surface area (Å²) in [5, 5.41) is 7.05. The van der Waals surface area contributed by atoms with Gasteiger partial charge in [0.15, 0.2) is 0 Å². The fraction of sp³-hybridized carbons (Fsp3) is 1.00. The van der Waals surface area contributed by atoms with Crippen LogP contribution in [0.3, 0.4) is 0 Å². The Hall–Kier alpha value is 0.210. The van der Waals surface area contributed by atoms with Gasteiger partial charge in [0, 0.05) is 6.04 Å². The van der Waals surface area contributed by atoms with E-state index in [1.54, 1.807) is 0 Å². The van der Waals surface area contributed by atoms with Crippen LogP contribution in [0.2, 0.25) is 0 Å². The van der Waals surface area contributed by atoms with Gasteiger partial charge in [-0.05, 0) is 58.0 Å². The van der Waals surface area contributed by atoms with E-state index in [0.717, 1.165) is 31.8 Å². The first-order chi connectivity index (χ1) is 8.06. The molecule has 2 N–H and O–H groups in total. The van der Waals surface area contributed by atoms with Crippen molar-refractivity contribution >= 4 is 11.6 Å². The Morgan fingerprint density at radius 2 is 2.00 bits per heavy atom. The summed E-state index contributed by atoms with van der Waals surface area (Å²) in [4.78, 5) is -0.168. The number of nitrogens with one attached hydrogen (secondary N) is 2. The molecule has 0 radical (unpaired) electrons. The molecule has 1 aliphatic rings. The highest BCUT2D eigenvalue weighted by molar-refractivity contribution is 6.23. The number of hydrogen-bond donors (Lipinski definition) is 2. The van der Waals surface area contributed by atoms with E-state index in [1.165, 1.54) is 25.7 Å². The Balaban J connectivity index is 2.30. The van der Waals surface area contributed by atoms with Crippen LogP contribution in [0, 0.1) is 5.92 Å². The molecule has 2 nitrogen and oxygen atoms in total. The smallest absolute Gasteiger partial charge is 0.0950 e. The van der Waals surface area contributed by atoms with Crippen LogP contribution in [0.15, 0.2) is 0 Å². The molecule has 1 heterocycles. The van der Waals surface area contributed by atoms with E-state index >= 15 is 0 Å². The molecule has 3 atom stereocenters. The molecule has 1 fully saturated rings. The highest BCUT2D eigenvalue weighted by atomic mass is 35.5. The number of alkyl halides is 1. The first-order valence-electron chi connectivity index (χ1n) is 7.23. The molecule has 0 saturated carbocycles. The third-order valence-corrected chi connectivity index (χ3v) is 4.41. The number of halogens is 1. The number of hydrogen-bond acceptors (Lipinski definition) is 2. The van der Waals surface area contributed by atoms with Crippen molar-refractivity contribution in [1.82, 2.24) is 10.6 Å². The van der Waals surface area contributed by atoms with Crippen molar-refractivity contribution in [2.75, 3.05) is 13.1 Å². The lowest BCUT2D eigenvalue weighted by molar-refractivity contribution is 0.338. The lowest BCUT2D eigenvalue weighted by Crippen LogP contribution is -2.45. The summed E-state index contributed by atoms with van der Waals surface area (Å²) in [6.07, 6.45) is 7.10. The van der Waals surface area contributed by atoms with Crippen molar-refractivity contribution < 1.29 is 0 Å². The summed E-state index contributed by atoms with van der Waals surface area (Å²) in [6, 6.07) is 0.527. The van der Waals surface area contributed by atoms with E-state index in [9.17, 15) is 0 Å². The predicted molar refractivity (Wildman–Crippen MR) is 76.6 cm³/mol. The van der Waals surface area contributed by atoms with E-state index in [4.69, 9.17) is 11.6 Å². The summed E-state index contributed by atoms with van der Waals surface area (Å²) in [5.74, 6) is 0.835. The van der Waals surface area contributed by atoms with Crippen LogP contribution >= 0.6 is 11.6 Å². The van der Waals surface area contributed by atoms with E-state index in [2.05, 4.69) is 31.4 Å². The van der Waals surface area contributed by atoms with Gasteiger partial charge in [0.1, 0.15) is 0 Å². The molecule has 1 saturated heterocycles. The van der Waals surface area contributed by atoms with Gasteiger partial charge in [-0.2, -0.15) is 0 Å². The molecule has 1 rings (SSSR count). The van der Waals surface area contributed by atoms with Crippen molar-refractivity contribution in [3.05, 3.63) is 0 Å². The Morgan fingerprint density at radius 3 is 2.71 bits per heavy atom. The normalized spacial score (nSPS) is 29.6. The first kappa shape index (κ1) is 15.3. The molecule has 0 aromatic rings. The lowest BCUT2D eigenvalue weighted by Gasteiger charge is -2.31. The van der Waals surface area contributed by atoms with E-state index in [1.807, 2.05) is 0 Å². The summed E-state index contributed by atoms with van der Waals surface area (Å²) in [7, 11) is 0. The lowest BCUT2D eigenvalue weighted by atomic mass is 9.99. The summed E-state index contributed by atoms with van der Waals surface area (Å²) >= 11 is 6.67. The minimum atomic E-state index is -0.168. The zero-order valence-electron chi connectivity index (χ0n) is 11.7. The maximum atomic E-state index is 6.67. The van der Waals surface area contributed by atoms with Crippen LogP contribution in [0.5, 0.6) is 0 Å². The van der Waals surface area contributed by atoms with Gasteiger partial charge < -0.3 is 5.32 Å². The van der Waals surface area contributed by atoms with Crippen LogP contribution in [-0.2, 0) is 0 Å². The molecular weight excluding hydrogens is 232 g/mol. The van der Waals surface area contributed by atoms with Crippen LogP contribution in [-0.4, -0.2) is 24.1 Å². The van der Waals surface area contributed by atoms with E-state index in [-0.39, 0.29) is 5.00 Å². The van der Waals surface area contributed by atoms with Gasteiger partial charge in [0.2, 0.25) is 0 Å². The predicted octanol–water partition coefficient (Wildman–Crippen LogP) is 3.50. The fourth-order valence-electron chi connectivity index (χ4n) is 2.43. The second-order valence-corrected chi connectivity index (χ2v) is 6.43. The summed E-state index contributed by atoms with van der Waals surface area (Å²) < 4.78 is 0. The molecule has 0 aliphatic carbocycles. The van der Waals surface area contributed by atoms with E-state index < -0.39 is 0 Å². The highest BCUT2D eigenvalue weighted by Gasteiger charge is 2.29. The molecule has 3 heteroatoms. The van der Waals surface area contributed by atoms with Gasteiger partial charge in [-0.25, -0.2) is 0 Å². The molecule has 17 heavy (non-hydrogen) atoms. The summed E-state index contributed by atoms with van der Waals surface area (Å²) in [5.41, 5.74) is 0. The van der Waals surface area contributed by atoms with Crippen molar-refractivity contribution in [2.24, 2.45) is 5.92 Å². The first-order valence-corrected chi connectivity index (χ1v) is 7.61. The number of rotatable bonds is 6. The van der Waals surface area contributed by atoms with Gasteiger partial charge in [-0.15, -0.1) is 11.6 Å². The molecule has 0 aromatic heterocycles. The van der Waals surface area contributed by atoms with Gasteiger partial charge in [0.05, 0.1) is 5.00 Å². The van der Waals surface area contributed by atoms with Gasteiger partial charge >= 0.3 is 0 Å². The minimum Gasteiger partial charge on any atom is -0.317 e. The van der Waals surface area contributed by atoms with Crippen molar-refractivity contribution in [3.63, 3.8) is 0 Å². The molecule has 0 aromatic carbocycles. The quantitative estimate of drug-likeness (QED) is 0.564. The molecule has 0 spiro atoms. The average molecular weight is 261 g/mol. The SMILES string of the molecule is CCC(C)CCC(C)NC1(Cl)CCCNCC1. The fourth-order valence-corrected chi connectivity index (χ4v) is 2.84. The maximum absolute atomic E-state index is 6.67. The zero-order valence-corrected chi connectivity index (χ0v) is 12.4. The third kappa shape index (κ3) is 6.08. The molecule has 1 aliphatic heterocycles. The minimum absolute atomic E-state index is 0.168. The Bertz CT molecular complexity index is 200.